The number of rotatable bonds is 5. The Morgan fingerprint density at radius 1 is 1.47 bits per heavy atom. The average molecular weight is 262 g/mol. The summed E-state index contributed by atoms with van der Waals surface area (Å²) in [7, 11) is 0. The molecular weight excluding hydrogens is 244 g/mol. The maximum absolute atomic E-state index is 12.4. The molecule has 1 amide bonds. The fourth-order valence-electron chi connectivity index (χ4n) is 1.79. The zero-order valence-electron chi connectivity index (χ0n) is 11.3. The van der Waals surface area contributed by atoms with Gasteiger partial charge in [-0.3, -0.25) is 9.78 Å². The summed E-state index contributed by atoms with van der Waals surface area (Å²) in [4.78, 5) is 28.6. The lowest BCUT2D eigenvalue weighted by atomic mass is 10.1. The summed E-state index contributed by atoms with van der Waals surface area (Å²) in [6, 6.07) is 1.69. The first-order chi connectivity index (χ1) is 8.97. The number of aromatic nitrogens is 1. The average Bonchev–Trinajstić information content (AvgIpc) is 2.36. The second-order valence-corrected chi connectivity index (χ2v) is 4.32. The molecule has 0 fully saturated rings. The smallest absolute Gasteiger partial charge is 0.328 e. The third kappa shape index (κ3) is 3.91. The highest BCUT2D eigenvalue weighted by Crippen LogP contribution is 2.14. The number of aliphatic carboxylic acids is 1. The van der Waals surface area contributed by atoms with Crippen LogP contribution in [0.4, 0.5) is 0 Å². The lowest BCUT2D eigenvalue weighted by Crippen LogP contribution is -2.37. The van der Waals surface area contributed by atoms with E-state index in [0.717, 1.165) is 6.08 Å². The van der Waals surface area contributed by atoms with E-state index in [1.54, 1.807) is 11.0 Å². The van der Waals surface area contributed by atoms with E-state index in [9.17, 15) is 9.59 Å². The van der Waals surface area contributed by atoms with Crippen molar-refractivity contribution in [2.24, 2.45) is 0 Å². The molecule has 0 spiro atoms. The predicted octanol–water partition coefficient (Wildman–Crippen LogP) is 2.05. The monoisotopic (exact) mass is 262 g/mol. The Hall–Kier alpha value is -2.17. The van der Waals surface area contributed by atoms with Crippen LogP contribution in [0.25, 0.3) is 6.08 Å². The van der Waals surface area contributed by atoms with E-state index in [4.69, 9.17) is 5.11 Å². The fraction of sp³-hybridized carbons (Fsp3) is 0.357. The summed E-state index contributed by atoms with van der Waals surface area (Å²) < 4.78 is 0. The highest BCUT2D eigenvalue weighted by Gasteiger charge is 2.19. The molecule has 0 saturated heterocycles. The molecule has 1 aromatic rings. The molecule has 0 aromatic carbocycles. The molecule has 1 aromatic heterocycles. The number of carboxylic acid groups (broad SMARTS) is 1. The van der Waals surface area contributed by atoms with Gasteiger partial charge < -0.3 is 10.0 Å². The highest BCUT2D eigenvalue weighted by atomic mass is 16.4. The fourth-order valence-corrected chi connectivity index (χ4v) is 1.79. The second kappa shape index (κ2) is 6.68. The lowest BCUT2D eigenvalue weighted by molar-refractivity contribution is -0.131. The van der Waals surface area contributed by atoms with Crippen molar-refractivity contribution < 1.29 is 14.7 Å². The van der Waals surface area contributed by atoms with Crippen molar-refractivity contribution in [3.8, 4) is 0 Å². The number of pyridine rings is 1. The van der Waals surface area contributed by atoms with Gasteiger partial charge in [-0.1, -0.05) is 0 Å². The molecule has 1 N–H and O–H groups in total. The first-order valence-electron chi connectivity index (χ1n) is 6.13. The van der Waals surface area contributed by atoms with Gasteiger partial charge in [-0.25, -0.2) is 4.79 Å². The molecule has 0 aliphatic rings. The van der Waals surface area contributed by atoms with Gasteiger partial charge in [0.15, 0.2) is 0 Å². The molecule has 0 aliphatic heterocycles. The minimum Gasteiger partial charge on any atom is -0.478 e. The van der Waals surface area contributed by atoms with E-state index in [2.05, 4.69) is 4.98 Å². The van der Waals surface area contributed by atoms with Gasteiger partial charge in [-0.15, -0.1) is 0 Å². The third-order valence-corrected chi connectivity index (χ3v) is 2.71. The Morgan fingerprint density at radius 3 is 2.68 bits per heavy atom. The Balaban J connectivity index is 3.12. The van der Waals surface area contributed by atoms with Crippen molar-refractivity contribution >= 4 is 18.0 Å². The SMILES string of the molecule is CCN(C(=O)c1ccncc1C=CC(=O)O)C(C)C. The van der Waals surface area contributed by atoms with Gasteiger partial charge in [0, 0.05) is 42.2 Å². The summed E-state index contributed by atoms with van der Waals surface area (Å²) in [5.74, 6) is -1.18. The Morgan fingerprint density at radius 2 is 2.16 bits per heavy atom. The first-order valence-corrected chi connectivity index (χ1v) is 6.13. The van der Waals surface area contributed by atoms with Crippen LogP contribution in [0.5, 0.6) is 0 Å². The Labute approximate surface area is 112 Å². The van der Waals surface area contributed by atoms with Crippen LogP contribution in [-0.2, 0) is 4.79 Å². The van der Waals surface area contributed by atoms with Crippen LogP contribution in [0.1, 0.15) is 36.7 Å². The summed E-state index contributed by atoms with van der Waals surface area (Å²) in [6.07, 6.45) is 5.40. The second-order valence-electron chi connectivity index (χ2n) is 4.32. The van der Waals surface area contributed by atoms with E-state index in [0.29, 0.717) is 17.7 Å². The molecule has 102 valence electrons. The molecule has 0 saturated carbocycles. The first kappa shape index (κ1) is 14.9. The number of carbonyl (C=O) groups is 2. The van der Waals surface area contributed by atoms with E-state index in [1.165, 1.54) is 18.5 Å². The normalized spacial score (nSPS) is 10.9. The number of carboxylic acids is 1. The van der Waals surface area contributed by atoms with Crippen LogP contribution in [0, 0.1) is 0 Å². The molecule has 0 bridgehead atoms. The van der Waals surface area contributed by atoms with Gasteiger partial charge in [0.25, 0.3) is 5.91 Å². The van der Waals surface area contributed by atoms with Gasteiger partial charge in [-0.05, 0) is 32.9 Å². The Bertz CT molecular complexity index is 495. The van der Waals surface area contributed by atoms with E-state index >= 15 is 0 Å². The molecule has 0 atom stereocenters. The number of hydrogen-bond donors (Lipinski definition) is 1. The molecule has 1 rings (SSSR count). The van der Waals surface area contributed by atoms with Crippen LogP contribution in [-0.4, -0.2) is 39.5 Å². The number of nitrogens with zero attached hydrogens (tertiary/aromatic N) is 2. The van der Waals surface area contributed by atoms with Crippen molar-refractivity contribution in [2.75, 3.05) is 6.54 Å². The van der Waals surface area contributed by atoms with Crippen molar-refractivity contribution in [3.05, 3.63) is 35.7 Å². The van der Waals surface area contributed by atoms with Crippen LogP contribution >= 0.6 is 0 Å². The maximum Gasteiger partial charge on any atom is 0.328 e. The zero-order chi connectivity index (χ0) is 14.4. The van der Waals surface area contributed by atoms with Gasteiger partial charge in [-0.2, -0.15) is 0 Å². The van der Waals surface area contributed by atoms with Crippen molar-refractivity contribution in [1.82, 2.24) is 9.88 Å². The lowest BCUT2D eigenvalue weighted by Gasteiger charge is -2.25. The summed E-state index contributed by atoms with van der Waals surface area (Å²) in [5, 5.41) is 8.65. The van der Waals surface area contributed by atoms with Crippen molar-refractivity contribution in [2.45, 2.75) is 26.8 Å². The van der Waals surface area contributed by atoms with Crippen LogP contribution in [0.2, 0.25) is 0 Å². The minimum atomic E-state index is -1.06. The van der Waals surface area contributed by atoms with Crippen molar-refractivity contribution in [1.29, 1.82) is 0 Å². The van der Waals surface area contributed by atoms with Gasteiger partial charge in [0.1, 0.15) is 0 Å². The van der Waals surface area contributed by atoms with E-state index in [-0.39, 0.29) is 11.9 Å². The summed E-state index contributed by atoms with van der Waals surface area (Å²) in [5.41, 5.74) is 0.969. The quantitative estimate of drug-likeness (QED) is 0.824. The van der Waals surface area contributed by atoms with E-state index in [1.807, 2.05) is 20.8 Å². The van der Waals surface area contributed by atoms with Gasteiger partial charge in [0.2, 0.25) is 0 Å². The molecule has 19 heavy (non-hydrogen) atoms. The van der Waals surface area contributed by atoms with E-state index < -0.39 is 5.97 Å². The standard InChI is InChI=1S/C14H18N2O3/c1-4-16(10(2)3)14(19)12-7-8-15-9-11(12)5-6-13(17)18/h5-10H,4H2,1-3H3,(H,17,18). The third-order valence-electron chi connectivity index (χ3n) is 2.71. The molecular formula is C14H18N2O3. The van der Waals surface area contributed by atoms with Crippen LogP contribution in [0.15, 0.2) is 24.5 Å². The highest BCUT2D eigenvalue weighted by molar-refractivity contribution is 5.98. The summed E-state index contributed by atoms with van der Waals surface area (Å²) >= 11 is 0. The molecule has 5 nitrogen and oxygen atoms in total. The van der Waals surface area contributed by atoms with Gasteiger partial charge >= 0.3 is 5.97 Å². The molecule has 0 aliphatic carbocycles. The predicted molar refractivity (Wildman–Crippen MR) is 72.8 cm³/mol. The number of hydrogen-bond acceptors (Lipinski definition) is 3. The van der Waals surface area contributed by atoms with Crippen LogP contribution < -0.4 is 0 Å². The minimum absolute atomic E-state index is 0.0852. The Kier molecular flexibility index (Phi) is 5.23. The topological polar surface area (TPSA) is 70.5 Å². The van der Waals surface area contributed by atoms with Crippen LogP contribution in [0.3, 0.4) is 0 Å². The molecule has 0 radical (unpaired) electrons. The van der Waals surface area contributed by atoms with Gasteiger partial charge in [0.05, 0.1) is 0 Å². The number of carbonyl (C=O) groups excluding carboxylic acids is 1. The summed E-state index contributed by atoms with van der Waals surface area (Å²) in [6.45, 7) is 6.39. The number of amides is 1. The zero-order valence-corrected chi connectivity index (χ0v) is 11.3. The largest absolute Gasteiger partial charge is 0.478 e. The molecule has 5 heteroatoms. The molecule has 0 unspecified atom stereocenters. The molecule has 1 heterocycles. The van der Waals surface area contributed by atoms with Crippen molar-refractivity contribution in [3.63, 3.8) is 0 Å². The maximum atomic E-state index is 12.4.